The van der Waals surface area contributed by atoms with Gasteiger partial charge < -0.3 is 4.42 Å². The Morgan fingerprint density at radius 2 is 2.17 bits per heavy atom. The van der Waals surface area contributed by atoms with Crippen LogP contribution in [0.2, 0.25) is 0 Å². The number of hydrogen-bond donors (Lipinski definition) is 0. The van der Waals surface area contributed by atoms with Gasteiger partial charge in [-0.3, -0.25) is 19.8 Å². The summed E-state index contributed by atoms with van der Waals surface area (Å²) in [6, 6.07) is 9.62. The zero-order chi connectivity index (χ0) is 17.3. The third-order valence-corrected chi connectivity index (χ3v) is 4.81. The molecule has 0 spiro atoms. The van der Waals surface area contributed by atoms with Gasteiger partial charge in [-0.15, -0.1) is 0 Å². The molecule has 0 N–H and O–H groups in total. The van der Waals surface area contributed by atoms with Crippen LogP contribution in [0.1, 0.15) is 12.7 Å². The van der Waals surface area contributed by atoms with Crippen LogP contribution < -0.4 is 0 Å². The fourth-order valence-electron chi connectivity index (χ4n) is 2.26. The number of nitrogens with zero attached hydrogens (tertiary/aromatic N) is 2. The van der Waals surface area contributed by atoms with E-state index in [1.54, 1.807) is 30.3 Å². The van der Waals surface area contributed by atoms with Gasteiger partial charge in [-0.1, -0.05) is 36.1 Å². The fourth-order valence-corrected chi connectivity index (χ4v) is 3.62. The maximum absolute atomic E-state index is 12.2. The highest BCUT2D eigenvalue weighted by Crippen LogP contribution is 2.33. The number of likely N-dealkylation sites (N-methyl/N-ethyl adjacent to an activating group) is 1. The Morgan fingerprint density at radius 1 is 1.38 bits per heavy atom. The summed E-state index contributed by atoms with van der Waals surface area (Å²) in [5.41, 5.74) is 0.597. The van der Waals surface area contributed by atoms with Crippen LogP contribution in [-0.4, -0.2) is 26.6 Å². The Kier molecular flexibility index (Phi) is 4.50. The maximum atomic E-state index is 12.2. The molecule has 0 saturated carbocycles. The molecule has 1 saturated heterocycles. The highest BCUT2D eigenvalue weighted by Gasteiger charge is 2.30. The number of rotatable bonds is 4. The Labute approximate surface area is 147 Å². The second kappa shape index (κ2) is 6.58. The minimum Gasteiger partial charge on any atom is -0.457 e. The first-order valence-corrected chi connectivity index (χ1v) is 8.32. The van der Waals surface area contributed by atoms with Crippen molar-refractivity contribution in [1.29, 1.82) is 0 Å². The van der Waals surface area contributed by atoms with E-state index in [1.807, 2.05) is 6.92 Å². The van der Waals surface area contributed by atoms with Crippen molar-refractivity contribution in [3.8, 4) is 11.3 Å². The van der Waals surface area contributed by atoms with Crippen molar-refractivity contribution in [1.82, 2.24) is 4.90 Å². The minimum absolute atomic E-state index is 0.00531. The second-order valence-electron chi connectivity index (χ2n) is 4.94. The van der Waals surface area contributed by atoms with E-state index < -0.39 is 4.92 Å². The van der Waals surface area contributed by atoms with Crippen molar-refractivity contribution in [2.45, 2.75) is 6.92 Å². The number of carbonyl (C=O) groups excluding carboxylic acids is 1. The lowest BCUT2D eigenvalue weighted by molar-refractivity contribution is -0.384. The van der Waals surface area contributed by atoms with Gasteiger partial charge in [0.1, 0.15) is 15.8 Å². The molecule has 2 heterocycles. The quantitative estimate of drug-likeness (QED) is 0.354. The second-order valence-corrected chi connectivity index (χ2v) is 6.61. The molecule has 0 aliphatic carbocycles. The van der Waals surface area contributed by atoms with E-state index >= 15 is 0 Å². The highest BCUT2D eigenvalue weighted by atomic mass is 32.2. The average Bonchev–Trinajstić information content (AvgIpc) is 3.13. The van der Waals surface area contributed by atoms with Crippen LogP contribution in [0, 0.1) is 10.1 Å². The highest BCUT2D eigenvalue weighted by molar-refractivity contribution is 8.26. The predicted octanol–water partition coefficient (Wildman–Crippen LogP) is 4.08. The van der Waals surface area contributed by atoms with Crippen molar-refractivity contribution in [2.24, 2.45) is 0 Å². The number of amides is 1. The summed E-state index contributed by atoms with van der Waals surface area (Å²) in [5.74, 6) is 0.852. The Hall–Kier alpha value is -2.45. The summed E-state index contributed by atoms with van der Waals surface area (Å²) in [6.45, 7) is 2.39. The molecular formula is C16H12N2O4S2. The molecule has 2 aromatic rings. The summed E-state index contributed by atoms with van der Waals surface area (Å²) >= 11 is 6.40. The number of benzene rings is 1. The molecule has 3 rings (SSSR count). The van der Waals surface area contributed by atoms with E-state index in [2.05, 4.69) is 0 Å². The smallest absolute Gasteiger partial charge is 0.270 e. The van der Waals surface area contributed by atoms with Crippen molar-refractivity contribution in [3.63, 3.8) is 0 Å². The van der Waals surface area contributed by atoms with Crippen molar-refractivity contribution in [2.75, 3.05) is 6.54 Å². The van der Waals surface area contributed by atoms with Crippen molar-refractivity contribution < 1.29 is 14.1 Å². The van der Waals surface area contributed by atoms with Crippen LogP contribution in [0.4, 0.5) is 5.69 Å². The predicted molar refractivity (Wildman–Crippen MR) is 96.4 cm³/mol. The molecule has 1 amide bonds. The number of nitro benzene ring substituents is 1. The van der Waals surface area contributed by atoms with E-state index in [-0.39, 0.29) is 11.6 Å². The van der Waals surface area contributed by atoms with Crippen LogP contribution in [0.5, 0.6) is 0 Å². The first kappa shape index (κ1) is 16.4. The van der Waals surface area contributed by atoms with Gasteiger partial charge in [0.15, 0.2) is 0 Å². The number of carbonyl (C=O) groups is 1. The molecule has 122 valence electrons. The molecule has 0 bridgehead atoms. The third kappa shape index (κ3) is 3.10. The number of nitro groups is 1. The van der Waals surface area contributed by atoms with E-state index in [0.717, 1.165) is 0 Å². The first-order valence-electron chi connectivity index (χ1n) is 7.09. The molecule has 0 radical (unpaired) electrons. The standard InChI is InChI=1S/C16H12N2O4S2/c1-2-17-15(19)14(24-16(17)23)9-12-6-7-13(22-12)10-4-3-5-11(8-10)18(20)21/h3-9H,2H2,1H3/b14-9+. The van der Waals surface area contributed by atoms with Crippen molar-refractivity contribution in [3.05, 3.63) is 57.2 Å². The third-order valence-electron chi connectivity index (χ3n) is 3.43. The first-order chi connectivity index (χ1) is 11.5. The number of non-ortho nitro benzene ring substituents is 1. The molecule has 24 heavy (non-hydrogen) atoms. The van der Waals surface area contributed by atoms with Gasteiger partial charge >= 0.3 is 0 Å². The molecule has 1 aromatic carbocycles. The number of thioether (sulfide) groups is 1. The van der Waals surface area contributed by atoms with Gasteiger partial charge in [0.05, 0.1) is 9.83 Å². The van der Waals surface area contributed by atoms with Gasteiger partial charge in [-0.2, -0.15) is 0 Å². The van der Waals surface area contributed by atoms with Gasteiger partial charge in [-0.25, -0.2) is 0 Å². The summed E-state index contributed by atoms with van der Waals surface area (Å²) in [6.07, 6.45) is 1.63. The Bertz CT molecular complexity index is 872. The summed E-state index contributed by atoms with van der Waals surface area (Å²) in [5, 5.41) is 10.9. The summed E-state index contributed by atoms with van der Waals surface area (Å²) in [4.78, 5) is 24.6. The SMILES string of the molecule is CCN1C(=O)/C(=C\c2ccc(-c3cccc([N+](=O)[O-])c3)o2)SC1=S. The monoisotopic (exact) mass is 360 g/mol. The molecule has 1 fully saturated rings. The fraction of sp³-hybridized carbons (Fsp3) is 0.125. The van der Waals surface area contributed by atoms with Crippen LogP contribution >= 0.6 is 24.0 Å². The van der Waals surface area contributed by atoms with E-state index in [4.69, 9.17) is 16.6 Å². The molecular weight excluding hydrogens is 348 g/mol. The van der Waals surface area contributed by atoms with Gasteiger partial charge in [0.2, 0.25) is 0 Å². The van der Waals surface area contributed by atoms with E-state index in [0.29, 0.717) is 32.9 Å². The Morgan fingerprint density at radius 3 is 2.83 bits per heavy atom. The normalized spacial score (nSPS) is 16.2. The maximum Gasteiger partial charge on any atom is 0.270 e. The lowest BCUT2D eigenvalue weighted by atomic mass is 10.1. The van der Waals surface area contributed by atoms with Gasteiger partial charge in [-0.05, 0) is 19.1 Å². The number of thiocarbonyl (C=S) groups is 1. The van der Waals surface area contributed by atoms with E-state index in [9.17, 15) is 14.9 Å². The van der Waals surface area contributed by atoms with Crippen LogP contribution in [0.15, 0.2) is 45.7 Å². The molecule has 6 nitrogen and oxygen atoms in total. The number of furan rings is 1. The zero-order valence-electron chi connectivity index (χ0n) is 12.6. The molecule has 1 aliphatic rings. The van der Waals surface area contributed by atoms with Crippen LogP contribution in [0.25, 0.3) is 17.4 Å². The van der Waals surface area contributed by atoms with Gasteiger partial charge in [0, 0.05) is 30.3 Å². The summed E-state index contributed by atoms with van der Waals surface area (Å²) in [7, 11) is 0. The largest absolute Gasteiger partial charge is 0.457 e. The lowest BCUT2D eigenvalue weighted by Gasteiger charge is -2.09. The molecule has 0 atom stereocenters. The molecule has 1 aromatic heterocycles. The lowest BCUT2D eigenvalue weighted by Crippen LogP contribution is -2.27. The zero-order valence-corrected chi connectivity index (χ0v) is 14.2. The van der Waals surface area contributed by atoms with Crippen LogP contribution in [-0.2, 0) is 4.79 Å². The van der Waals surface area contributed by atoms with Crippen molar-refractivity contribution >= 4 is 46.0 Å². The minimum atomic E-state index is -0.455. The van der Waals surface area contributed by atoms with Gasteiger partial charge in [0.25, 0.3) is 11.6 Å². The molecule has 1 aliphatic heterocycles. The molecule has 8 heteroatoms. The van der Waals surface area contributed by atoms with E-state index in [1.165, 1.54) is 28.8 Å². The number of hydrogen-bond acceptors (Lipinski definition) is 6. The average molecular weight is 360 g/mol. The van der Waals surface area contributed by atoms with Crippen LogP contribution in [0.3, 0.4) is 0 Å². The molecule has 0 unspecified atom stereocenters. The Balaban J connectivity index is 1.88. The summed E-state index contributed by atoms with van der Waals surface area (Å²) < 4.78 is 6.22. The topological polar surface area (TPSA) is 76.6 Å².